The number of β-amino-alcohol motifs (C(OH)–C–C–N with tert-alkyl or cyclic N) is 1. The van der Waals surface area contributed by atoms with E-state index in [4.69, 9.17) is 11.6 Å². The number of aromatic nitrogens is 5. The minimum atomic E-state index is -0.827. The van der Waals surface area contributed by atoms with Crippen molar-refractivity contribution < 1.29 is 5.11 Å². The molecule has 1 unspecified atom stereocenters. The molecule has 1 aliphatic heterocycles. The van der Waals surface area contributed by atoms with E-state index >= 15 is 0 Å². The Labute approximate surface area is 173 Å². The minimum Gasteiger partial charge on any atom is -0.386 e. The van der Waals surface area contributed by atoms with Crippen molar-refractivity contribution in [2.24, 2.45) is 0 Å². The number of hydrogen-bond donors (Lipinski definition) is 2. The molecule has 148 valence electrons. The predicted molar refractivity (Wildman–Crippen MR) is 113 cm³/mol. The van der Waals surface area contributed by atoms with E-state index in [0.29, 0.717) is 30.4 Å². The van der Waals surface area contributed by atoms with Crippen LogP contribution in [0.25, 0.3) is 22.4 Å². The highest BCUT2D eigenvalue weighted by atomic mass is 35.5. The topological polar surface area (TPSA) is 82.9 Å². The lowest BCUT2D eigenvalue weighted by atomic mass is 10.0. The third-order valence-corrected chi connectivity index (χ3v) is 5.83. The van der Waals surface area contributed by atoms with E-state index in [1.807, 2.05) is 48.0 Å². The summed E-state index contributed by atoms with van der Waals surface area (Å²) in [5.74, 6) is 2.39. The number of imidazole rings is 2. The van der Waals surface area contributed by atoms with E-state index in [1.54, 1.807) is 12.4 Å². The van der Waals surface area contributed by atoms with Gasteiger partial charge in [0.1, 0.15) is 23.1 Å². The highest BCUT2D eigenvalue weighted by Crippen LogP contribution is 2.33. The van der Waals surface area contributed by atoms with Crippen LogP contribution in [0.4, 0.5) is 5.82 Å². The van der Waals surface area contributed by atoms with Crippen molar-refractivity contribution in [1.82, 2.24) is 24.5 Å². The van der Waals surface area contributed by atoms with Crippen molar-refractivity contribution in [1.29, 1.82) is 0 Å². The van der Waals surface area contributed by atoms with E-state index in [2.05, 4.69) is 24.8 Å². The van der Waals surface area contributed by atoms with Gasteiger partial charge in [-0.3, -0.25) is 0 Å². The fourth-order valence-corrected chi connectivity index (χ4v) is 4.12. The lowest BCUT2D eigenvalue weighted by Gasteiger charge is -2.25. The number of pyridine rings is 1. The van der Waals surface area contributed by atoms with E-state index < -0.39 is 5.60 Å². The van der Waals surface area contributed by atoms with Crippen LogP contribution in [0.2, 0.25) is 5.02 Å². The first-order chi connectivity index (χ1) is 14.0. The Balaban J connectivity index is 1.42. The summed E-state index contributed by atoms with van der Waals surface area (Å²) < 4.78 is 1.98. The average molecular weight is 409 g/mol. The number of fused-ring (bicyclic) bond motifs is 1. The molecule has 7 nitrogen and oxygen atoms in total. The van der Waals surface area contributed by atoms with Gasteiger partial charge in [-0.05, 0) is 31.5 Å². The SMILES string of the molecule is Cc1nccn1CC1(O)CCN(c2cc(-c3nc4ccccc4[nH]3)c(Cl)cn2)C1. The maximum Gasteiger partial charge on any atom is 0.140 e. The third-order valence-electron chi connectivity index (χ3n) is 5.53. The van der Waals surface area contributed by atoms with E-state index in [1.165, 1.54) is 0 Å². The van der Waals surface area contributed by atoms with Gasteiger partial charge < -0.3 is 19.6 Å². The van der Waals surface area contributed by atoms with Crippen LogP contribution in [0.5, 0.6) is 0 Å². The first kappa shape index (κ1) is 18.1. The highest BCUT2D eigenvalue weighted by Gasteiger charge is 2.37. The molecule has 0 spiro atoms. The molecule has 0 radical (unpaired) electrons. The fraction of sp³-hybridized carbons (Fsp3) is 0.286. The Morgan fingerprint density at radius 2 is 2.14 bits per heavy atom. The normalized spacial score (nSPS) is 19.3. The molecular formula is C21H21ClN6O. The summed E-state index contributed by atoms with van der Waals surface area (Å²) in [6, 6.07) is 9.81. The molecule has 1 fully saturated rings. The summed E-state index contributed by atoms with van der Waals surface area (Å²) in [4.78, 5) is 18.8. The van der Waals surface area contributed by atoms with Gasteiger partial charge in [0.2, 0.25) is 0 Å². The summed E-state index contributed by atoms with van der Waals surface area (Å²) in [6.45, 7) is 3.67. The zero-order valence-corrected chi connectivity index (χ0v) is 16.8. The summed E-state index contributed by atoms with van der Waals surface area (Å²) in [7, 11) is 0. The van der Waals surface area contributed by atoms with E-state index in [0.717, 1.165) is 34.8 Å². The van der Waals surface area contributed by atoms with Gasteiger partial charge in [-0.1, -0.05) is 23.7 Å². The Morgan fingerprint density at radius 1 is 1.28 bits per heavy atom. The van der Waals surface area contributed by atoms with Gasteiger partial charge >= 0.3 is 0 Å². The number of halogens is 1. The first-order valence-corrected chi connectivity index (χ1v) is 9.94. The molecule has 0 amide bonds. The first-order valence-electron chi connectivity index (χ1n) is 9.56. The standard InChI is InChI=1S/C21H21ClN6O/c1-14-23-7-9-27(14)12-21(29)6-8-28(13-21)19-10-15(16(22)11-24-19)20-25-17-4-2-3-5-18(17)26-20/h2-5,7,9-11,29H,6,8,12-13H2,1H3,(H,25,26). The Hall–Kier alpha value is -2.90. The summed E-state index contributed by atoms with van der Waals surface area (Å²) in [5.41, 5.74) is 1.83. The second-order valence-electron chi connectivity index (χ2n) is 7.62. The Bertz CT molecular complexity index is 1150. The number of para-hydroxylation sites is 2. The minimum absolute atomic E-state index is 0.499. The second kappa shape index (κ2) is 6.86. The van der Waals surface area contributed by atoms with Crippen LogP contribution in [-0.2, 0) is 6.54 Å². The molecule has 1 atom stereocenters. The van der Waals surface area contributed by atoms with Crippen LogP contribution in [0, 0.1) is 6.92 Å². The molecule has 5 rings (SSSR count). The number of nitrogens with one attached hydrogen (secondary N) is 1. The van der Waals surface area contributed by atoms with Gasteiger partial charge in [0.05, 0.1) is 22.6 Å². The summed E-state index contributed by atoms with van der Waals surface area (Å²) in [6.07, 6.45) is 5.97. The number of nitrogens with zero attached hydrogens (tertiary/aromatic N) is 5. The summed E-state index contributed by atoms with van der Waals surface area (Å²) in [5, 5.41) is 11.6. The number of hydrogen-bond acceptors (Lipinski definition) is 5. The number of aliphatic hydroxyl groups is 1. The number of rotatable bonds is 4. The van der Waals surface area contributed by atoms with E-state index in [9.17, 15) is 5.11 Å². The number of aromatic amines is 1. The molecule has 3 aromatic heterocycles. The summed E-state index contributed by atoms with van der Waals surface area (Å²) >= 11 is 6.43. The molecule has 1 aliphatic rings. The lowest BCUT2D eigenvalue weighted by Crippen LogP contribution is -2.38. The lowest BCUT2D eigenvalue weighted by molar-refractivity contribution is 0.0443. The van der Waals surface area contributed by atoms with Gasteiger partial charge in [0.25, 0.3) is 0 Å². The average Bonchev–Trinajstić information content (AvgIpc) is 3.41. The molecule has 8 heteroatoms. The zero-order valence-electron chi connectivity index (χ0n) is 16.0. The van der Waals surface area contributed by atoms with Gasteiger partial charge in [0, 0.05) is 37.2 Å². The Kier molecular flexibility index (Phi) is 4.29. The van der Waals surface area contributed by atoms with Gasteiger partial charge in [-0.25, -0.2) is 15.0 Å². The molecule has 2 N–H and O–H groups in total. The van der Waals surface area contributed by atoms with E-state index in [-0.39, 0.29) is 0 Å². The quantitative estimate of drug-likeness (QED) is 0.540. The smallest absolute Gasteiger partial charge is 0.140 e. The fourth-order valence-electron chi connectivity index (χ4n) is 3.93. The Morgan fingerprint density at radius 3 is 2.93 bits per heavy atom. The molecule has 0 aliphatic carbocycles. The van der Waals surface area contributed by atoms with Crippen molar-refractivity contribution in [2.45, 2.75) is 25.5 Å². The maximum atomic E-state index is 11.1. The molecular weight excluding hydrogens is 388 g/mol. The maximum absolute atomic E-state index is 11.1. The monoisotopic (exact) mass is 408 g/mol. The number of aryl methyl sites for hydroxylation is 1. The molecule has 0 bridgehead atoms. The second-order valence-corrected chi connectivity index (χ2v) is 8.03. The van der Waals surface area contributed by atoms with Crippen molar-refractivity contribution in [3.05, 3.63) is 59.8 Å². The van der Waals surface area contributed by atoms with Crippen LogP contribution in [0.15, 0.2) is 48.9 Å². The zero-order chi connectivity index (χ0) is 20.0. The van der Waals surface area contributed by atoms with Crippen LogP contribution in [-0.4, -0.2) is 48.3 Å². The predicted octanol–water partition coefficient (Wildman–Crippen LogP) is 3.42. The van der Waals surface area contributed by atoms with Crippen LogP contribution in [0.1, 0.15) is 12.2 Å². The number of H-pyrrole nitrogens is 1. The molecule has 4 aromatic rings. The molecule has 4 heterocycles. The van der Waals surface area contributed by atoms with Gasteiger partial charge in [-0.2, -0.15) is 0 Å². The largest absolute Gasteiger partial charge is 0.386 e. The van der Waals surface area contributed by atoms with Crippen LogP contribution in [0.3, 0.4) is 0 Å². The molecule has 1 aromatic carbocycles. The van der Waals surface area contributed by atoms with Crippen LogP contribution >= 0.6 is 11.6 Å². The number of anilines is 1. The third kappa shape index (κ3) is 3.36. The number of benzene rings is 1. The van der Waals surface area contributed by atoms with Gasteiger partial charge in [0.15, 0.2) is 0 Å². The van der Waals surface area contributed by atoms with Crippen molar-refractivity contribution in [3.63, 3.8) is 0 Å². The highest BCUT2D eigenvalue weighted by molar-refractivity contribution is 6.33. The van der Waals surface area contributed by atoms with Gasteiger partial charge in [-0.15, -0.1) is 0 Å². The molecule has 29 heavy (non-hydrogen) atoms. The van der Waals surface area contributed by atoms with Crippen molar-refractivity contribution in [3.8, 4) is 11.4 Å². The van der Waals surface area contributed by atoms with Crippen molar-refractivity contribution >= 4 is 28.5 Å². The van der Waals surface area contributed by atoms with Crippen molar-refractivity contribution in [2.75, 3.05) is 18.0 Å². The van der Waals surface area contributed by atoms with Crippen LogP contribution < -0.4 is 4.90 Å². The molecule has 1 saturated heterocycles. The molecule has 0 saturated carbocycles.